The minimum atomic E-state index is 0.503. The van der Waals surface area contributed by atoms with Crippen molar-refractivity contribution in [2.75, 3.05) is 20.3 Å². The van der Waals surface area contributed by atoms with Crippen LogP contribution in [-0.4, -0.2) is 25.3 Å². The van der Waals surface area contributed by atoms with E-state index in [-0.39, 0.29) is 0 Å². The van der Waals surface area contributed by atoms with E-state index in [9.17, 15) is 0 Å². The molecule has 0 unspecified atom stereocenters. The Bertz CT molecular complexity index is 274. The third-order valence-corrected chi connectivity index (χ3v) is 1.96. The van der Waals surface area contributed by atoms with Crippen molar-refractivity contribution in [1.29, 1.82) is 0 Å². The SMILES string of the molecule is CC.COCCOc1cc(C(C)C)ccn1. The van der Waals surface area contributed by atoms with Crippen LogP contribution in [0, 0.1) is 0 Å². The molecule has 0 aromatic carbocycles. The fourth-order valence-corrected chi connectivity index (χ4v) is 1.09. The molecule has 0 amide bonds. The van der Waals surface area contributed by atoms with Crippen LogP contribution in [0.4, 0.5) is 0 Å². The molecule has 0 aliphatic rings. The molecule has 1 aromatic rings. The van der Waals surface area contributed by atoms with Crippen molar-refractivity contribution in [3.05, 3.63) is 23.9 Å². The van der Waals surface area contributed by atoms with Gasteiger partial charge in [-0.1, -0.05) is 27.7 Å². The lowest BCUT2D eigenvalue weighted by molar-refractivity contribution is 0.143. The van der Waals surface area contributed by atoms with Crippen LogP contribution in [0.25, 0.3) is 0 Å². The Morgan fingerprint density at radius 3 is 2.50 bits per heavy atom. The van der Waals surface area contributed by atoms with E-state index < -0.39 is 0 Å². The van der Waals surface area contributed by atoms with Crippen molar-refractivity contribution < 1.29 is 9.47 Å². The van der Waals surface area contributed by atoms with Gasteiger partial charge in [0.25, 0.3) is 0 Å². The van der Waals surface area contributed by atoms with Gasteiger partial charge >= 0.3 is 0 Å². The highest BCUT2D eigenvalue weighted by Crippen LogP contribution is 2.17. The van der Waals surface area contributed by atoms with Gasteiger partial charge in [-0.3, -0.25) is 0 Å². The molecule has 3 nitrogen and oxygen atoms in total. The molecule has 1 heterocycles. The summed E-state index contributed by atoms with van der Waals surface area (Å²) in [6, 6.07) is 3.98. The Hall–Kier alpha value is -1.09. The van der Waals surface area contributed by atoms with Crippen molar-refractivity contribution in [3.8, 4) is 5.88 Å². The quantitative estimate of drug-likeness (QED) is 0.721. The summed E-state index contributed by atoms with van der Waals surface area (Å²) in [6.07, 6.45) is 1.78. The van der Waals surface area contributed by atoms with Crippen LogP contribution in [0.1, 0.15) is 39.2 Å². The average molecular weight is 225 g/mol. The summed E-state index contributed by atoms with van der Waals surface area (Å²) in [4.78, 5) is 4.12. The molecule has 0 aliphatic heterocycles. The second-order valence-electron chi connectivity index (χ2n) is 3.42. The molecule has 0 N–H and O–H groups in total. The first kappa shape index (κ1) is 14.9. The van der Waals surface area contributed by atoms with Crippen LogP contribution < -0.4 is 4.74 Å². The minimum absolute atomic E-state index is 0.503. The van der Waals surface area contributed by atoms with Crippen molar-refractivity contribution in [2.24, 2.45) is 0 Å². The maximum atomic E-state index is 5.40. The van der Waals surface area contributed by atoms with Gasteiger partial charge in [-0.05, 0) is 17.5 Å². The summed E-state index contributed by atoms with van der Waals surface area (Å²) in [5.74, 6) is 1.18. The van der Waals surface area contributed by atoms with Gasteiger partial charge in [0.05, 0.1) is 6.61 Å². The third-order valence-electron chi connectivity index (χ3n) is 1.96. The molecule has 0 atom stereocenters. The summed E-state index contributed by atoms with van der Waals surface area (Å²) in [7, 11) is 1.65. The van der Waals surface area contributed by atoms with Crippen molar-refractivity contribution in [1.82, 2.24) is 4.98 Å². The van der Waals surface area contributed by atoms with Crippen molar-refractivity contribution in [2.45, 2.75) is 33.6 Å². The predicted molar refractivity (Wildman–Crippen MR) is 67.0 cm³/mol. The lowest BCUT2D eigenvalue weighted by atomic mass is 10.1. The highest BCUT2D eigenvalue weighted by Gasteiger charge is 2.01. The number of hydrogen-bond acceptors (Lipinski definition) is 3. The molecule has 16 heavy (non-hydrogen) atoms. The maximum absolute atomic E-state index is 5.40. The lowest BCUT2D eigenvalue weighted by Crippen LogP contribution is -2.05. The molecule has 1 rings (SSSR count). The van der Waals surface area contributed by atoms with Gasteiger partial charge in [-0.25, -0.2) is 4.98 Å². The second kappa shape index (κ2) is 9.16. The first-order chi connectivity index (χ1) is 7.74. The van der Waals surface area contributed by atoms with Gasteiger partial charge < -0.3 is 9.47 Å². The van der Waals surface area contributed by atoms with Gasteiger partial charge in [-0.15, -0.1) is 0 Å². The molecule has 0 bridgehead atoms. The van der Waals surface area contributed by atoms with Gasteiger partial charge in [0.15, 0.2) is 0 Å². The first-order valence-electron chi connectivity index (χ1n) is 5.81. The van der Waals surface area contributed by atoms with Gasteiger partial charge in [0.2, 0.25) is 5.88 Å². The first-order valence-corrected chi connectivity index (χ1v) is 5.81. The largest absolute Gasteiger partial charge is 0.475 e. The highest BCUT2D eigenvalue weighted by molar-refractivity contribution is 5.22. The average Bonchev–Trinajstić information content (AvgIpc) is 2.32. The number of rotatable bonds is 5. The zero-order valence-corrected chi connectivity index (χ0v) is 11.0. The van der Waals surface area contributed by atoms with E-state index in [0.717, 1.165) is 0 Å². The molecule has 0 saturated heterocycles. The fraction of sp³-hybridized carbons (Fsp3) is 0.615. The molecule has 1 aromatic heterocycles. The second-order valence-corrected chi connectivity index (χ2v) is 3.42. The summed E-state index contributed by atoms with van der Waals surface area (Å²) in [6.45, 7) is 9.43. The zero-order valence-electron chi connectivity index (χ0n) is 11.0. The lowest BCUT2D eigenvalue weighted by Gasteiger charge is -2.08. The topological polar surface area (TPSA) is 31.4 Å². The van der Waals surface area contributed by atoms with E-state index in [1.54, 1.807) is 13.3 Å². The van der Waals surface area contributed by atoms with Crippen molar-refractivity contribution in [3.63, 3.8) is 0 Å². The molecule has 0 spiro atoms. The highest BCUT2D eigenvalue weighted by atomic mass is 16.5. The van der Waals surface area contributed by atoms with Crippen LogP contribution in [0.3, 0.4) is 0 Å². The summed E-state index contributed by atoms with van der Waals surface area (Å²) in [5.41, 5.74) is 1.24. The third kappa shape index (κ3) is 5.71. The number of ether oxygens (including phenoxy) is 2. The smallest absolute Gasteiger partial charge is 0.213 e. The van der Waals surface area contributed by atoms with Gasteiger partial charge in [0, 0.05) is 19.4 Å². The molecule has 0 saturated carbocycles. The van der Waals surface area contributed by atoms with E-state index in [1.165, 1.54) is 5.56 Å². The number of hydrogen-bond donors (Lipinski definition) is 0. The number of methoxy groups -OCH3 is 1. The van der Waals surface area contributed by atoms with Crippen molar-refractivity contribution >= 4 is 0 Å². The Kier molecular flexibility index (Phi) is 8.53. The van der Waals surface area contributed by atoms with E-state index in [1.807, 2.05) is 26.0 Å². The fourth-order valence-electron chi connectivity index (χ4n) is 1.09. The summed E-state index contributed by atoms with van der Waals surface area (Å²) in [5, 5.41) is 0. The van der Waals surface area contributed by atoms with Gasteiger partial charge in [-0.2, -0.15) is 0 Å². The summed E-state index contributed by atoms with van der Waals surface area (Å²) >= 11 is 0. The van der Waals surface area contributed by atoms with Gasteiger partial charge in [0.1, 0.15) is 6.61 Å². The predicted octanol–water partition coefficient (Wildman–Crippen LogP) is 3.26. The molecular formula is C13H23NO2. The standard InChI is InChI=1S/C11H17NO2.C2H6/c1-9(2)10-4-5-12-11(8-10)14-7-6-13-3;1-2/h4-5,8-9H,6-7H2,1-3H3;1-2H3. The molecular weight excluding hydrogens is 202 g/mol. The van der Waals surface area contributed by atoms with Crippen LogP contribution in [0.2, 0.25) is 0 Å². The normalized spacial score (nSPS) is 9.62. The number of pyridine rings is 1. The summed E-state index contributed by atoms with van der Waals surface area (Å²) < 4.78 is 10.3. The molecule has 0 radical (unpaired) electrons. The number of nitrogens with zero attached hydrogens (tertiary/aromatic N) is 1. The van der Waals surface area contributed by atoms with E-state index in [0.29, 0.717) is 25.0 Å². The molecule has 0 aliphatic carbocycles. The minimum Gasteiger partial charge on any atom is -0.475 e. The molecule has 3 heteroatoms. The maximum Gasteiger partial charge on any atom is 0.213 e. The number of aromatic nitrogens is 1. The van der Waals surface area contributed by atoms with Crippen LogP contribution in [-0.2, 0) is 4.74 Å². The Morgan fingerprint density at radius 2 is 1.94 bits per heavy atom. The Labute approximate surface area is 98.8 Å². The Morgan fingerprint density at radius 1 is 1.25 bits per heavy atom. The Balaban J connectivity index is 0.00000106. The molecule has 0 fully saturated rings. The van der Waals surface area contributed by atoms with Crippen LogP contribution in [0.5, 0.6) is 5.88 Å². The van der Waals surface area contributed by atoms with Crippen LogP contribution >= 0.6 is 0 Å². The van der Waals surface area contributed by atoms with Crippen LogP contribution in [0.15, 0.2) is 18.3 Å². The van der Waals surface area contributed by atoms with E-state index in [4.69, 9.17) is 9.47 Å². The monoisotopic (exact) mass is 225 g/mol. The molecule has 92 valence electrons. The van der Waals surface area contributed by atoms with E-state index in [2.05, 4.69) is 18.8 Å². The zero-order chi connectivity index (χ0) is 12.4. The van der Waals surface area contributed by atoms with E-state index >= 15 is 0 Å².